The zero-order valence-corrected chi connectivity index (χ0v) is 12.7. The minimum Gasteiger partial charge on any atom is -0.460 e. The lowest BCUT2D eigenvalue weighted by atomic mass is 10.2. The van der Waals surface area contributed by atoms with E-state index in [9.17, 15) is 9.36 Å². The molecule has 0 bridgehead atoms. The van der Waals surface area contributed by atoms with Crippen molar-refractivity contribution in [3.8, 4) is 0 Å². The van der Waals surface area contributed by atoms with Gasteiger partial charge >= 0.3 is 13.6 Å². The van der Waals surface area contributed by atoms with Crippen molar-refractivity contribution in [3.05, 3.63) is 12.7 Å². The lowest BCUT2D eigenvalue weighted by Crippen LogP contribution is -2.29. The molecule has 0 aromatic carbocycles. The van der Waals surface area contributed by atoms with E-state index in [1.807, 2.05) is 0 Å². The van der Waals surface area contributed by atoms with Gasteiger partial charge in [0.25, 0.3) is 0 Å². The maximum absolute atomic E-state index is 11.5. The zero-order valence-electron chi connectivity index (χ0n) is 11.8. The Morgan fingerprint density at radius 2 is 2.05 bits per heavy atom. The van der Waals surface area contributed by atoms with Crippen LogP contribution in [-0.2, 0) is 14.1 Å². The molecule has 0 heterocycles. The van der Waals surface area contributed by atoms with Crippen molar-refractivity contribution in [1.29, 1.82) is 0 Å². The highest BCUT2D eigenvalue weighted by Crippen LogP contribution is 2.41. The average Bonchev–Trinajstić information content (AvgIpc) is 2.18. The van der Waals surface area contributed by atoms with Crippen molar-refractivity contribution < 1.29 is 23.9 Å². The summed E-state index contributed by atoms with van der Waals surface area (Å²) < 4.78 is 16.3. The second kappa shape index (κ2) is 7.80. The molecular weight excluding hydrogens is 269 g/mol. The van der Waals surface area contributed by atoms with E-state index in [2.05, 4.69) is 11.9 Å². The molecule has 0 fully saturated rings. The van der Waals surface area contributed by atoms with Crippen molar-refractivity contribution in [3.63, 3.8) is 0 Å². The highest BCUT2D eigenvalue weighted by Gasteiger charge is 2.27. The molecular formula is C12H24NO5P. The number of carbonyl (C=O) groups is 1. The minimum absolute atomic E-state index is 0.142. The van der Waals surface area contributed by atoms with Gasteiger partial charge in [0, 0.05) is 13.0 Å². The first-order valence-corrected chi connectivity index (χ1v) is 7.86. The molecule has 3 N–H and O–H groups in total. The molecule has 0 saturated carbocycles. The Morgan fingerprint density at radius 3 is 2.47 bits per heavy atom. The van der Waals surface area contributed by atoms with Crippen LogP contribution in [0.4, 0.5) is 0 Å². The number of rotatable bonds is 8. The molecule has 0 radical (unpaired) electrons. The number of esters is 1. The third-order valence-electron chi connectivity index (χ3n) is 2.18. The third kappa shape index (κ3) is 9.85. The fourth-order valence-electron chi connectivity index (χ4n) is 1.44. The first kappa shape index (κ1) is 18.3. The lowest BCUT2D eigenvalue weighted by Gasteiger charge is -2.21. The highest BCUT2D eigenvalue weighted by atomic mass is 31.2. The summed E-state index contributed by atoms with van der Waals surface area (Å²) in [5, 5.41) is 2.70. The molecule has 0 saturated heterocycles. The molecule has 0 amide bonds. The predicted octanol–water partition coefficient (Wildman–Crippen LogP) is 1.78. The maximum Gasteiger partial charge on any atom is 0.342 e. The molecule has 1 atom stereocenters. The topological polar surface area (TPSA) is 95.9 Å². The Bertz CT molecular complexity index is 345. The minimum atomic E-state index is -4.22. The molecule has 0 aliphatic heterocycles. The number of hydrogen-bond donors (Lipinski definition) is 3. The Labute approximate surface area is 114 Å². The second-order valence-corrected chi connectivity index (χ2v) is 7.08. The monoisotopic (exact) mass is 293 g/mol. The van der Waals surface area contributed by atoms with Gasteiger partial charge in [-0.15, -0.1) is 6.58 Å². The van der Waals surface area contributed by atoms with E-state index in [1.54, 1.807) is 20.8 Å². The van der Waals surface area contributed by atoms with Gasteiger partial charge in [0.2, 0.25) is 0 Å². The van der Waals surface area contributed by atoms with E-state index >= 15 is 0 Å². The zero-order chi connectivity index (χ0) is 15.1. The van der Waals surface area contributed by atoms with Crippen LogP contribution in [0.5, 0.6) is 0 Å². The van der Waals surface area contributed by atoms with E-state index in [0.717, 1.165) is 0 Å². The van der Waals surface area contributed by atoms with Gasteiger partial charge < -0.3 is 19.8 Å². The Balaban J connectivity index is 4.16. The number of hydrogen-bond acceptors (Lipinski definition) is 4. The largest absolute Gasteiger partial charge is 0.460 e. The SMILES string of the molecule is C=CCNC(CCCC(=O)OC(C)(C)C)P(=O)(O)O. The number of nitrogens with one attached hydrogen (secondary N) is 1. The van der Waals surface area contributed by atoms with Crippen LogP contribution in [0.3, 0.4) is 0 Å². The van der Waals surface area contributed by atoms with Crippen molar-refractivity contribution in [1.82, 2.24) is 5.32 Å². The third-order valence-corrected chi connectivity index (χ3v) is 3.44. The van der Waals surface area contributed by atoms with Crippen molar-refractivity contribution >= 4 is 13.6 Å². The lowest BCUT2D eigenvalue weighted by molar-refractivity contribution is -0.154. The molecule has 19 heavy (non-hydrogen) atoms. The molecule has 0 aliphatic rings. The van der Waals surface area contributed by atoms with Crippen LogP contribution >= 0.6 is 7.60 Å². The molecule has 1 unspecified atom stereocenters. The summed E-state index contributed by atoms with van der Waals surface area (Å²) in [5.41, 5.74) is -0.541. The van der Waals surface area contributed by atoms with Gasteiger partial charge in [-0.25, -0.2) is 0 Å². The second-order valence-electron chi connectivity index (χ2n) is 5.28. The van der Waals surface area contributed by atoms with E-state index in [0.29, 0.717) is 13.0 Å². The average molecular weight is 293 g/mol. The normalized spacial score (nSPS) is 13.9. The van der Waals surface area contributed by atoms with E-state index in [4.69, 9.17) is 14.5 Å². The van der Waals surface area contributed by atoms with Crippen LogP contribution in [0.2, 0.25) is 0 Å². The van der Waals surface area contributed by atoms with E-state index in [-0.39, 0.29) is 18.8 Å². The standard InChI is InChI=1S/C12H24NO5P/c1-5-9-13-10(19(15,16)17)7-6-8-11(14)18-12(2,3)4/h5,10,13H,1,6-9H2,2-4H3,(H2,15,16,17). The summed E-state index contributed by atoms with van der Waals surface area (Å²) >= 11 is 0. The fraction of sp³-hybridized carbons (Fsp3) is 0.750. The summed E-state index contributed by atoms with van der Waals surface area (Å²) in [6, 6.07) is 0. The quantitative estimate of drug-likeness (QED) is 0.358. The summed E-state index contributed by atoms with van der Waals surface area (Å²) in [6.45, 7) is 9.10. The fourth-order valence-corrected chi connectivity index (χ4v) is 2.30. The van der Waals surface area contributed by atoms with Gasteiger partial charge in [-0.1, -0.05) is 6.08 Å². The van der Waals surface area contributed by atoms with Crippen molar-refractivity contribution in [2.75, 3.05) is 6.54 Å². The van der Waals surface area contributed by atoms with Crippen LogP contribution in [-0.4, -0.2) is 33.7 Å². The smallest absolute Gasteiger partial charge is 0.342 e. The first-order chi connectivity index (χ1) is 8.56. The number of ether oxygens (including phenoxy) is 1. The molecule has 0 rings (SSSR count). The number of carbonyl (C=O) groups excluding carboxylic acids is 1. The summed E-state index contributed by atoms with van der Waals surface area (Å²) in [5.74, 6) is -1.31. The van der Waals surface area contributed by atoms with Crippen LogP contribution < -0.4 is 5.32 Å². The molecule has 0 aromatic heterocycles. The van der Waals surface area contributed by atoms with Gasteiger partial charge in [-0.3, -0.25) is 9.36 Å². The summed E-state index contributed by atoms with van der Waals surface area (Å²) in [6.07, 6.45) is 2.23. The summed E-state index contributed by atoms with van der Waals surface area (Å²) in [7, 11) is -4.22. The van der Waals surface area contributed by atoms with Gasteiger partial charge in [0.15, 0.2) is 0 Å². The van der Waals surface area contributed by atoms with E-state index < -0.39 is 19.0 Å². The van der Waals surface area contributed by atoms with Crippen LogP contribution in [0.1, 0.15) is 40.0 Å². The van der Waals surface area contributed by atoms with Crippen molar-refractivity contribution in [2.24, 2.45) is 0 Å². The van der Waals surface area contributed by atoms with Gasteiger partial charge in [-0.05, 0) is 33.6 Å². The van der Waals surface area contributed by atoms with Gasteiger partial charge in [0.05, 0.1) is 0 Å². The molecule has 6 nitrogen and oxygen atoms in total. The predicted molar refractivity (Wildman–Crippen MR) is 73.7 cm³/mol. The van der Waals surface area contributed by atoms with Crippen LogP contribution in [0.25, 0.3) is 0 Å². The van der Waals surface area contributed by atoms with Gasteiger partial charge in [-0.2, -0.15) is 0 Å². The van der Waals surface area contributed by atoms with Crippen LogP contribution in [0.15, 0.2) is 12.7 Å². The molecule has 0 aliphatic carbocycles. The van der Waals surface area contributed by atoms with E-state index in [1.165, 1.54) is 6.08 Å². The molecule has 0 spiro atoms. The Kier molecular flexibility index (Phi) is 7.52. The Hall–Kier alpha value is -0.680. The summed E-state index contributed by atoms with van der Waals surface area (Å²) in [4.78, 5) is 29.8. The maximum atomic E-state index is 11.5. The van der Waals surface area contributed by atoms with Gasteiger partial charge in [0.1, 0.15) is 11.4 Å². The Morgan fingerprint density at radius 1 is 1.47 bits per heavy atom. The highest BCUT2D eigenvalue weighted by molar-refractivity contribution is 7.52. The molecule has 7 heteroatoms. The van der Waals surface area contributed by atoms with Crippen LogP contribution in [0, 0.1) is 0 Å². The molecule has 0 aromatic rings. The first-order valence-electron chi connectivity index (χ1n) is 6.17. The molecule has 112 valence electrons. The van der Waals surface area contributed by atoms with Crippen molar-refractivity contribution in [2.45, 2.75) is 51.4 Å².